The van der Waals surface area contributed by atoms with Crippen molar-refractivity contribution in [3.8, 4) is 11.6 Å². The number of hydrogen-bond donors (Lipinski definition) is 0. The molecule has 1 aromatic heterocycles. The van der Waals surface area contributed by atoms with Crippen molar-refractivity contribution < 1.29 is 9.05 Å². The van der Waals surface area contributed by atoms with E-state index in [1.807, 2.05) is 127 Å². The normalized spacial score (nSPS) is 11.3. The van der Waals surface area contributed by atoms with Crippen LogP contribution in [-0.2, 0) is 0 Å². The number of para-hydroxylation sites is 1. The fraction of sp³-hybridized carbons (Fsp3) is 0. The van der Waals surface area contributed by atoms with Gasteiger partial charge >= 0.3 is 0 Å². The van der Waals surface area contributed by atoms with Gasteiger partial charge in [-0.1, -0.05) is 58.5 Å². The molecule has 1 heterocycles. The van der Waals surface area contributed by atoms with Crippen LogP contribution in [0, 0.1) is 0 Å². The SMILES string of the molecule is Clc1ccc(P(Oc2cc(OP(c3ccc(Cl)cc3)c3ccc(Cl)cc3)c3ccccc3n2)c2ccc(Cl)cc2)cc1. The van der Waals surface area contributed by atoms with E-state index in [4.69, 9.17) is 60.4 Å². The highest BCUT2D eigenvalue weighted by molar-refractivity contribution is 7.69. The van der Waals surface area contributed by atoms with Gasteiger partial charge < -0.3 is 9.05 Å². The Morgan fingerprint density at radius 2 is 0.833 bits per heavy atom. The molecule has 42 heavy (non-hydrogen) atoms. The predicted octanol–water partition coefficient (Wildman–Crippen LogP) is 9.70. The van der Waals surface area contributed by atoms with Gasteiger partial charge in [0.1, 0.15) is 5.75 Å². The molecule has 208 valence electrons. The van der Waals surface area contributed by atoms with Crippen molar-refractivity contribution in [3.05, 3.63) is 147 Å². The molecule has 0 unspecified atom stereocenters. The molecule has 0 aliphatic rings. The molecule has 5 aromatic carbocycles. The summed E-state index contributed by atoms with van der Waals surface area (Å²) in [5.74, 6) is 1.11. The highest BCUT2D eigenvalue weighted by Gasteiger charge is 2.22. The van der Waals surface area contributed by atoms with Crippen LogP contribution < -0.4 is 30.3 Å². The highest BCUT2D eigenvalue weighted by Crippen LogP contribution is 2.44. The first-order valence-electron chi connectivity index (χ1n) is 12.8. The van der Waals surface area contributed by atoms with Crippen LogP contribution in [0.2, 0.25) is 20.1 Å². The van der Waals surface area contributed by atoms with Crippen molar-refractivity contribution in [1.82, 2.24) is 4.98 Å². The van der Waals surface area contributed by atoms with Gasteiger partial charge in [0.2, 0.25) is 5.88 Å². The summed E-state index contributed by atoms with van der Waals surface area (Å²) < 4.78 is 13.6. The maximum absolute atomic E-state index is 6.88. The van der Waals surface area contributed by atoms with Gasteiger partial charge in [0.05, 0.1) is 5.52 Å². The van der Waals surface area contributed by atoms with Crippen LogP contribution in [-0.4, -0.2) is 4.98 Å². The Balaban J connectivity index is 1.43. The van der Waals surface area contributed by atoms with Crippen molar-refractivity contribution in [1.29, 1.82) is 0 Å². The van der Waals surface area contributed by atoms with Crippen LogP contribution in [0.3, 0.4) is 0 Å². The number of aromatic nitrogens is 1. The summed E-state index contributed by atoms with van der Waals surface area (Å²) in [7, 11) is -2.57. The van der Waals surface area contributed by atoms with Gasteiger partial charge in [-0.05, 0) is 109 Å². The molecule has 0 spiro atoms. The molecule has 0 atom stereocenters. The molecule has 6 rings (SSSR count). The molecule has 3 nitrogen and oxygen atoms in total. The summed E-state index contributed by atoms with van der Waals surface area (Å²) in [6, 6.07) is 40.5. The Kier molecular flexibility index (Phi) is 9.17. The van der Waals surface area contributed by atoms with E-state index < -0.39 is 16.3 Å². The van der Waals surface area contributed by atoms with Crippen molar-refractivity contribution in [3.63, 3.8) is 0 Å². The molecule has 0 amide bonds. The number of nitrogens with zero attached hydrogens (tertiary/aromatic N) is 1. The van der Waals surface area contributed by atoms with E-state index in [1.54, 1.807) is 0 Å². The first-order chi connectivity index (χ1) is 20.4. The van der Waals surface area contributed by atoms with Crippen molar-refractivity contribution in [2.24, 2.45) is 0 Å². The second kappa shape index (κ2) is 13.2. The zero-order chi connectivity index (χ0) is 29.1. The third-order valence-electron chi connectivity index (χ3n) is 6.27. The Labute approximate surface area is 266 Å². The lowest BCUT2D eigenvalue weighted by molar-refractivity contribution is 0.587. The zero-order valence-corrected chi connectivity index (χ0v) is 26.6. The maximum Gasteiger partial charge on any atom is 0.221 e. The van der Waals surface area contributed by atoms with E-state index in [1.165, 1.54) is 0 Å². The van der Waals surface area contributed by atoms with Crippen molar-refractivity contribution in [2.45, 2.75) is 0 Å². The van der Waals surface area contributed by atoms with Crippen LogP contribution in [0.4, 0.5) is 0 Å². The fourth-order valence-corrected chi connectivity index (χ4v) is 8.08. The highest BCUT2D eigenvalue weighted by atomic mass is 35.5. The number of fused-ring (bicyclic) bond motifs is 1. The first-order valence-corrected chi connectivity index (χ1v) is 16.8. The molecule has 0 saturated heterocycles. The molecule has 0 aliphatic carbocycles. The Morgan fingerprint density at radius 1 is 0.452 bits per heavy atom. The van der Waals surface area contributed by atoms with E-state index in [0.717, 1.165) is 32.1 Å². The predicted molar refractivity (Wildman–Crippen MR) is 181 cm³/mol. The summed E-state index contributed by atoms with van der Waals surface area (Å²) in [6.45, 7) is 0. The average molecular weight is 667 g/mol. The summed E-state index contributed by atoms with van der Waals surface area (Å²) in [5.41, 5.74) is 0.759. The number of halogens is 4. The second-order valence-corrected chi connectivity index (χ2v) is 14.5. The molecule has 0 bridgehead atoms. The van der Waals surface area contributed by atoms with Crippen molar-refractivity contribution >= 4 is 94.8 Å². The smallest absolute Gasteiger partial charge is 0.221 e. The lowest BCUT2D eigenvalue weighted by Gasteiger charge is -2.22. The minimum absolute atomic E-state index is 0.446. The van der Waals surface area contributed by atoms with E-state index in [2.05, 4.69) is 0 Å². The van der Waals surface area contributed by atoms with Crippen molar-refractivity contribution in [2.75, 3.05) is 0 Å². The Morgan fingerprint density at radius 3 is 1.26 bits per heavy atom. The second-order valence-electron chi connectivity index (χ2n) is 9.15. The van der Waals surface area contributed by atoms with E-state index in [-0.39, 0.29) is 0 Å². The fourth-order valence-electron chi connectivity index (χ4n) is 4.25. The maximum atomic E-state index is 6.88. The molecule has 0 radical (unpaired) electrons. The molecule has 9 heteroatoms. The van der Waals surface area contributed by atoms with Gasteiger partial charge in [0, 0.05) is 52.8 Å². The molecule has 0 saturated carbocycles. The summed E-state index contributed by atoms with van der Waals surface area (Å²) in [5, 5.41) is 7.48. The standard InChI is InChI=1S/C33H21Cl4NO2P2/c34-22-5-13-26(14-6-22)41(27-15-7-23(35)8-16-27)39-32-21-33(38-31-4-2-1-3-30(31)32)40-42(28-17-9-24(36)10-18-28)29-19-11-25(37)12-20-29/h1-21H. The van der Waals surface area contributed by atoms with Gasteiger partial charge in [-0.25, -0.2) is 4.98 Å². The number of pyridine rings is 1. The van der Waals surface area contributed by atoms with Gasteiger partial charge in [-0.15, -0.1) is 0 Å². The number of hydrogen-bond acceptors (Lipinski definition) is 3. The minimum Gasteiger partial charge on any atom is -0.464 e. The Hall–Kier alpha value is -2.87. The molecule has 0 N–H and O–H groups in total. The van der Waals surface area contributed by atoms with E-state index >= 15 is 0 Å². The summed E-state index contributed by atoms with van der Waals surface area (Å²) in [6.07, 6.45) is 0. The monoisotopic (exact) mass is 665 g/mol. The molecular weight excluding hydrogens is 646 g/mol. The lowest BCUT2D eigenvalue weighted by atomic mass is 10.2. The summed E-state index contributed by atoms with van der Waals surface area (Å²) in [4.78, 5) is 4.87. The molecule has 0 aliphatic heterocycles. The minimum atomic E-state index is -1.29. The quantitative estimate of drug-likeness (QED) is 0.152. The Bertz CT molecular complexity index is 1730. The first kappa shape index (κ1) is 29.2. The third-order valence-corrected chi connectivity index (χ3v) is 11.1. The topological polar surface area (TPSA) is 31.4 Å². The van der Waals surface area contributed by atoms with Crippen LogP contribution in [0.5, 0.6) is 11.6 Å². The zero-order valence-electron chi connectivity index (χ0n) is 21.8. The summed E-state index contributed by atoms with van der Waals surface area (Å²) >= 11 is 24.8. The number of benzene rings is 5. The largest absolute Gasteiger partial charge is 0.464 e. The average Bonchev–Trinajstić information content (AvgIpc) is 3.01. The van der Waals surface area contributed by atoms with Gasteiger partial charge in [0.25, 0.3) is 0 Å². The van der Waals surface area contributed by atoms with Crippen LogP contribution in [0.25, 0.3) is 10.9 Å². The molecule has 6 aromatic rings. The number of rotatable bonds is 8. The van der Waals surface area contributed by atoms with Crippen LogP contribution in [0.15, 0.2) is 127 Å². The van der Waals surface area contributed by atoms with Gasteiger partial charge in [-0.2, -0.15) is 0 Å². The van der Waals surface area contributed by atoms with E-state index in [9.17, 15) is 0 Å². The lowest BCUT2D eigenvalue weighted by Crippen LogP contribution is -2.17. The van der Waals surface area contributed by atoms with Crippen LogP contribution in [0.1, 0.15) is 0 Å². The third kappa shape index (κ3) is 6.85. The molecular formula is C33H21Cl4NO2P2. The van der Waals surface area contributed by atoms with Gasteiger partial charge in [0.15, 0.2) is 16.3 Å². The van der Waals surface area contributed by atoms with Crippen LogP contribution >= 0.6 is 62.7 Å². The van der Waals surface area contributed by atoms with Gasteiger partial charge in [-0.3, -0.25) is 0 Å². The molecule has 0 fully saturated rings. The van der Waals surface area contributed by atoms with E-state index in [0.29, 0.717) is 31.7 Å².